The largest absolute Gasteiger partial charge is 0.462 e. The number of allylic oxidation sites excluding steroid dienone is 1. The molecule has 0 spiro atoms. The van der Waals surface area contributed by atoms with Crippen LogP contribution in [-0.4, -0.2) is 17.9 Å². The molecule has 3 nitrogen and oxygen atoms in total. The number of Topliss-reactive ketones (excluding diaryl/α,β-unsaturated/α-hetero) is 1. The van der Waals surface area contributed by atoms with E-state index in [0.29, 0.717) is 11.7 Å². The molecule has 3 saturated carbocycles. The summed E-state index contributed by atoms with van der Waals surface area (Å²) in [6, 6.07) is 0. The highest BCUT2D eigenvalue weighted by molar-refractivity contribution is 5.79. The Morgan fingerprint density at radius 1 is 1.07 bits per heavy atom. The van der Waals surface area contributed by atoms with Crippen molar-refractivity contribution >= 4 is 11.8 Å². The number of esters is 1. The van der Waals surface area contributed by atoms with Crippen molar-refractivity contribution in [1.82, 2.24) is 0 Å². The first kappa shape index (κ1) is 20.2. The van der Waals surface area contributed by atoms with Gasteiger partial charge in [-0.25, -0.2) is 0 Å². The summed E-state index contributed by atoms with van der Waals surface area (Å²) < 4.78 is 5.79. The van der Waals surface area contributed by atoms with E-state index in [2.05, 4.69) is 19.9 Å². The second-order valence-electron chi connectivity index (χ2n) is 11.0. The number of carbonyl (C=O) groups is 2. The molecule has 0 aromatic carbocycles. The predicted octanol–water partition coefficient (Wildman–Crippen LogP) is 5.72. The van der Waals surface area contributed by atoms with E-state index >= 15 is 0 Å². The third kappa shape index (κ3) is 2.99. The van der Waals surface area contributed by atoms with Gasteiger partial charge in [-0.3, -0.25) is 9.59 Å². The van der Waals surface area contributed by atoms with Gasteiger partial charge in [0, 0.05) is 12.3 Å². The summed E-state index contributed by atoms with van der Waals surface area (Å²) in [5.74, 6) is 2.75. The topological polar surface area (TPSA) is 43.4 Å². The molecule has 4 aliphatic carbocycles. The van der Waals surface area contributed by atoms with E-state index in [4.69, 9.17) is 4.74 Å². The second kappa shape index (κ2) is 6.99. The molecule has 0 amide bonds. The fraction of sp³-hybridized carbons (Fsp3) is 0.840. The highest BCUT2D eigenvalue weighted by atomic mass is 16.5. The van der Waals surface area contributed by atoms with E-state index in [-0.39, 0.29) is 34.7 Å². The average Bonchev–Trinajstić information content (AvgIpc) is 2.99. The zero-order valence-corrected chi connectivity index (χ0v) is 18.4. The number of fused-ring (bicyclic) bond motifs is 5. The Morgan fingerprint density at radius 3 is 2.50 bits per heavy atom. The molecule has 156 valence electrons. The molecule has 0 radical (unpaired) electrons. The van der Waals surface area contributed by atoms with Gasteiger partial charge < -0.3 is 4.74 Å². The molecule has 0 N–H and O–H groups in total. The minimum atomic E-state index is -0.0578. The van der Waals surface area contributed by atoms with Gasteiger partial charge in [-0.05, 0) is 80.5 Å². The van der Waals surface area contributed by atoms with Crippen LogP contribution in [0.4, 0.5) is 0 Å². The van der Waals surface area contributed by atoms with Gasteiger partial charge in [-0.15, -0.1) is 0 Å². The van der Waals surface area contributed by atoms with Crippen molar-refractivity contribution in [2.45, 2.75) is 92.1 Å². The van der Waals surface area contributed by atoms with Gasteiger partial charge in [0.1, 0.15) is 11.9 Å². The lowest BCUT2D eigenvalue weighted by Gasteiger charge is -2.58. The first-order chi connectivity index (χ1) is 13.2. The normalized spacial score (nSPS) is 44.9. The lowest BCUT2D eigenvalue weighted by atomic mass is 9.47. The molecular weight excluding hydrogens is 348 g/mol. The zero-order chi connectivity index (χ0) is 20.3. The zero-order valence-electron chi connectivity index (χ0n) is 18.4. The number of ether oxygens (including phenoxy) is 1. The molecular formula is C25H38O3. The van der Waals surface area contributed by atoms with Crippen LogP contribution >= 0.6 is 0 Å². The van der Waals surface area contributed by atoms with Gasteiger partial charge in [0.2, 0.25) is 0 Å². The summed E-state index contributed by atoms with van der Waals surface area (Å²) in [6.45, 7) is 10.5. The molecule has 0 bridgehead atoms. The first-order valence-corrected chi connectivity index (χ1v) is 11.6. The van der Waals surface area contributed by atoms with Crippen LogP contribution in [0, 0.1) is 40.4 Å². The molecule has 3 heteroatoms. The summed E-state index contributed by atoms with van der Waals surface area (Å²) in [7, 11) is 0. The molecule has 4 aliphatic rings. The van der Waals surface area contributed by atoms with Crippen LogP contribution in [0.2, 0.25) is 0 Å². The minimum Gasteiger partial charge on any atom is -0.462 e. The molecule has 4 rings (SSSR count). The van der Waals surface area contributed by atoms with Gasteiger partial charge in [0.05, 0.1) is 5.92 Å². The van der Waals surface area contributed by atoms with E-state index in [0.717, 1.165) is 43.9 Å². The fourth-order valence-electron chi connectivity index (χ4n) is 7.70. The van der Waals surface area contributed by atoms with Crippen molar-refractivity contribution < 1.29 is 14.3 Å². The van der Waals surface area contributed by atoms with E-state index in [9.17, 15) is 9.59 Å². The van der Waals surface area contributed by atoms with Gasteiger partial charge in [-0.1, -0.05) is 39.3 Å². The number of carbonyl (C=O) groups excluding carboxylic acids is 2. The van der Waals surface area contributed by atoms with Gasteiger partial charge in [-0.2, -0.15) is 0 Å². The Balaban J connectivity index is 1.54. The minimum absolute atomic E-state index is 0.0503. The Bertz CT molecular complexity index is 692. The molecule has 1 unspecified atom stereocenters. The Morgan fingerprint density at radius 2 is 1.82 bits per heavy atom. The monoisotopic (exact) mass is 386 g/mol. The van der Waals surface area contributed by atoms with Crippen LogP contribution < -0.4 is 0 Å². The molecule has 0 aromatic rings. The van der Waals surface area contributed by atoms with Crippen LogP contribution in [0.25, 0.3) is 0 Å². The summed E-state index contributed by atoms with van der Waals surface area (Å²) in [5.41, 5.74) is 2.03. The second-order valence-corrected chi connectivity index (χ2v) is 11.0. The number of hydrogen-bond acceptors (Lipinski definition) is 3. The maximum Gasteiger partial charge on any atom is 0.308 e. The molecule has 0 saturated heterocycles. The van der Waals surface area contributed by atoms with Crippen LogP contribution in [0.3, 0.4) is 0 Å². The third-order valence-corrected chi connectivity index (χ3v) is 9.30. The quantitative estimate of drug-likeness (QED) is 0.460. The van der Waals surface area contributed by atoms with Crippen LogP contribution in [-0.2, 0) is 14.3 Å². The highest BCUT2D eigenvalue weighted by Gasteiger charge is 2.59. The summed E-state index contributed by atoms with van der Waals surface area (Å²) in [6.07, 6.45) is 11.6. The lowest BCUT2D eigenvalue weighted by Crippen LogP contribution is -2.51. The van der Waals surface area contributed by atoms with E-state index in [1.165, 1.54) is 19.3 Å². The first-order valence-electron chi connectivity index (χ1n) is 11.6. The number of ketones is 1. The summed E-state index contributed by atoms with van der Waals surface area (Å²) in [4.78, 5) is 24.3. The molecule has 0 aliphatic heterocycles. The van der Waals surface area contributed by atoms with E-state index in [1.54, 1.807) is 5.57 Å². The SMILES string of the molecule is CC(=O)[C@H]1CC[C@H]2[C@@H]3CC=C4CC(OC(=O)C(C)C)CC[C@]4(C)[C@H]3CC[C@]12C. The van der Waals surface area contributed by atoms with Crippen LogP contribution in [0.1, 0.15) is 86.0 Å². The Labute approximate surface area is 170 Å². The fourth-order valence-corrected chi connectivity index (χ4v) is 7.70. The van der Waals surface area contributed by atoms with Crippen molar-refractivity contribution in [3.05, 3.63) is 11.6 Å². The maximum absolute atomic E-state index is 12.3. The molecule has 0 heterocycles. The molecule has 0 aromatic heterocycles. The Kier molecular flexibility index (Phi) is 5.03. The van der Waals surface area contributed by atoms with Crippen LogP contribution in [0.5, 0.6) is 0 Å². The van der Waals surface area contributed by atoms with Gasteiger partial charge in [0.15, 0.2) is 0 Å². The van der Waals surface area contributed by atoms with Crippen molar-refractivity contribution in [2.75, 3.05) is 0 Å². The van der Waals surface area contributed by atoms with Crippen LogP contribution in [0.15, 0.2) is 11.6 Å². The number of rotatable bonds is 3. The molecule has 7 atom stereocenters. The lowest BCUT2D eigenvalue weighted by molar-refractivity contribution is -0.155. The van der Waals surface area contributed by atoms with E-state index < -0.39 is 0 Å². The smallest absolute Gasteiger partial charge is 0.308 e. The van der Waals surface area contributed by atoms with Gasteiger partial charge in [0.25, 0.3) is 0 Å². The van der Waals surface area contributed by atoms with Gasteiger partial charge >= 0.3 is 5.97 Å². The molecule has 28 heavy (non-hydrogen) atoms. The standard InChI is InChI=1S/C25H38O3/c1-15(2)23(27)28-18-10-12-24(4)17(14-18)6-7-19-21-9-8-20(16(3)26)25(21,5)13-11-22(19)24/h6,15,18-22H,7-14H2,1-5H3/t18?,19-,20+,21-,22-,24-,25+/m0/s1. The summed E-state index contributed by atoms with van der Waals surface area (Å²) in [5, 5.41) is 0. The maximum atomic E-state index is 12.3. The van der Waals surface area contributed by atoms with Crippen molar-refractivity contribution in [1.29, 1.82) is 0 Å². The average molecular weight is 387 g/mol. The van der Waals surface area contributed by atoms with Crippen molar-refractivity contribution in [2.24, 2.45) is 40.4 Å². The third-order valence-electron chi connectivity index (χ3n) is 9.30. The van der Waals surface area contributed by atoms with E-state index in [1.807, 2.05) is 20.8 Å². The van der Waals surface area contributed by atoms with Crippen molar-refractivity contribution in [3.8, 4) is 0 Å². The number of hydrogen-bond donors (Lipinski definition) is 0. The summed E-state index contributed by atoms with van der Waals surface area (Å²) >= 11 is 0. The van der Waals surface area contributed by atoms with Crippen molar-refractivity contribution in [3.63, 3.8) is 0 Å². The highest BCUT2D eigenvalue weighted by Crippen LogP contribution is 2.66. The molecule has 3 fully saturated rings. The predicted molar refractivity (Wildman–Crippen MR) is 111 cm³/mol. The Hall–Kier alpha value is -1.12.